The summed E-state index contributed by atoms with van der Waals surface area (Å²) in [6.07, 6.45) is 1.62. The van der Waals surface area contributed by atoms with Gasteiger partial charge >= 0.3 is 0 Å². The molecule has 0 radical (unpaired) electrons. The van der Waals surface area contributed by atoms with Crippen LogP contribution in [0.15, 0.2) is 59.7 Å². The van der Waals surface area contributed by atoms with Gasteiger partial charge in [0.05, 0.1) is 17.8 Å². The zero-order valence-electron chi connectivity index (χ0n) is 14.9. The van der Waals surface area contributed by atoms with E-state index < -0.39 is 0 Å². The SMILES string of the molecule is Cc1cc(/C=N\NC(=O)c2ccc(Cl)cc2)c(C)n1-c1ccc(C#N)cc1. The van der Waals surface area contributed by atoms with Gasteiger partial charge in [-0.05, 0) is 68.4 Å². The van der Waals surface area contributed by atoms with E-state index in [1.807, 2.05) is 32.0 Å². The van der Waals surface area contributed by atoms with Crippen molar-refractivity contribution in [2.45, 2.75) is 13.8 Å². The van der Waals surface area contributed by atoms with Crippen molar-refractivity contribution in [3.8, 4) is 11.8 Å². The molecular formula is C21H17ClN4O. The van der Waals surface area contributed by atoms with Crippen LogP contribution in [0.3, 0.4) is 0 Å². The van der Waals surface area contributed by atoms with Crippen LogP contribution in [-0.2, 0) is 0 Å². The van der Waals surface area contributed by atoms with E-state index in [9.17, 15) is 4.79 Å². The number of nitriles is 1. The second kappa shape index (κ2) is 7.90. The second-order valence-corrected chi connectivity index (χ2v) is 6.46. The molecule has 0 aliphatic carbocycles. The topological polar surface area (TPSA) is 70.2 Å². The second-order valence-electron chi connectivity index (χ2n) is 6.03. The first kappa shape index (κ1) is 18.4. The van der Waals surface area contributed by atoms with Crippen LogP contribution in [0.25, 0.3) is 5.69 Å². The van der Waals surface area contributed by atoms with Crippen LogP contribution < -0.4 is 5.43 Å². The smallest absolute Gasteiger partial charge is 0.271 e. The van der Waals surface area contributed by atoms with Crippen LogP contribution in [0.5, 0.6) is 0 Å². The summed E-state index contributed by atoms with van der Waals surface area (Å²) < 4.78 is 2.07. The summed E-state index contributed by atoms with van der Waals surface area (Å²) in [5.41, 5.74) is 7.51. The molecule has 1 amide bonds. The number of hydrogen-bond donors (Lipinski definition) is 1. The van der Waals surface area contributed by atoms with Crippen LogP contribution in [0.1, 0.15) is 32.9 Å². The van der Waals surface area contributed by atoms with Gasteiger partial charge in [0, 0.05) is 33.2 Å². The minimum Gasteiger partial charge on any atom is -0.318 e. The van der Waals surface area contributed by atoms with Crippen LogP contribution in [0.4, 0.5) is 0 Å². The number of nitrogens with one attached hydrogen (secondary N) is 1. The number of hydrazone groups is 1. The highest BCUT2D eigenvalue weighted by Crippen LogP contribution is 2.20. The highest BCUT2D eigenvalue weighted by atomic mass is 35.5. The van der Waals surface area contributed by atoms with Crippen molar-refractivity contribution in [3.05, 3.63) is 87.7 Å². The molecule has 1 aromatic heterocycles. The quantitative estimate of drug-likeness (QED) is 0.542. The van der Waals surface area contributed by atoms with Gasteiger partial charge in [-0.25, -0.2) is 5.43 Å². The molecule has 0 atom stereocenters. The Labute approximate surface area is 162 Å². The Morgan fingerprint density at radius 1 is 1.15 bits per heavy atom. The van der Waals surface area contributed by atoms with E-state index in [1.54, 1.807) is 42.6 Å². The molecule has 134 valence electrons. The van der Waals surface area contributed by atoms with E-state index in [0.717, 1.165) is 22.6 Å². The molecule has 0 unspecified atom stereocenters. The Hall–Kier alpha value is -3.36. The average Bonchev–Trinajstić information content (AvgIpc) is 2.96. The number of aromatic nitrogens is 1. The van der Waals surface area contributed by atoms with Gasteiger partial charge in [0.25, 0.3) is 5.91 Å². The predicted molar refractivity (Wildman–Crippen MR) is 106 cm³/mol. The molecule has 0 saturated heterocycles. The maximum Gasteiger partial charge on any atom is 0.271 e. The number of carbonyl (C=O) groups excluding carboxylic acids is 1. The molecule has 1 heterocycles. The van der Waals surface area contributed by atoms with Crippen molar-refractivity contribution in [1.29, 1.82) is 5.26 Å². The van der Waals surface area contributed by atoms with Crippen molar-refractivity contribution in [2.75, 3.05) is 0 Å². The molecular weight excluding hydrogens is 360 g/mol. The van der Waals surface area contributed by atoms with Crippen molar-refractivity contribution in [3.63, 3.8) is 0 Å². The zero-order chi connectivity index (χ0) is 19.4. The zero-order valence-corrected chi connectivity index (χ0v) is 15.7. The Bertz CT molecular complexity index is 1040. The third-order valence-corrected chi connectivity index (χ3v) is 4.45. The predicted octanol–water partition coefficient (Wildman–Crippen LogP) is 4.38. The number of amides is 1. The van der Waals surface area contributed by atoms with Crippen molar-refractivity contribution in [1.82, 2.24) is 9.99 Å². The molecule has 0 fully saturated rings. The molecule has 0 spiro atoms. The summed E-state index contributed by atoms with van der Waals surface area (Å²) in [7, 11) is 0. The van der Waals surface area contributed by atoms with Crippen molar-refractivity contribution >= 4 is 23.7 Å². The lowest BCUT2D eigenvalue weighted by molar-refractivity contribution is 0.0955. The Kier molecular flexibility index (Phi) is 5.39. The lowest BCUT2D eigenvalue weighted by Crippen LogP contribution is -2.17. The van der Waals surface area contributed by atoms with Gasteiger partial charge in [-0.2, -0.15) is 10.4 Å². The van der Waals surface area contributed by atoms with Gasteiger partial charge in [0.15, 0.2) is 0 Å². The summed E-state index contributed by atoms with van der Waals surface area (Å²) >= 11 is 5.82. The van der Waals surface area contributed by atoms with E-state index in [4.69, 9.17) is 16.9 Å². The Morgan fingerprint density at radius 3 is 2.44 bits per heavy atom. The maximum absolute atomic E-state index is 12.1. The first-order valence-corrected chi connectivity index (χ1v) is 8.66. The number of benzene rings is 2. The Balaban J connectivity index is 1.77. The first-order valence-electron chi connectivity index (χ1n) is 8.28. The molecule has 3 aromatic rings. The minimum absolute atomic E-state index is 0.302. The van der Waals surface area contributed by atoms with Crippen LogP contribution in [0.2, 0.25) is 5.02 Å². The molecule has 6 heteroatoms. The average molecular weight is 377 g/mol. The molecule has 0 aliphatic heterocycles. The van der Waals surface area contributed by atoms with Gasteiger partial charge in [-0.3, -0.25) is 4.79 Å². The molecule has 2 aromatic carbocycles. The summed E-state index contributed by atoms with van der Waals surface area (Å²) in [5.74, 6) is -0.302. The van der Waals surface area contributed by atoms with E-state index in [1.165, 1.54) is 0 Å². The van der Waals surface area contributed by atoms with Crippen LogP contribution in [0, 0.1) is 25.2 Å². The Morgan fingerprint density at radius 2 is 1.81 bits per heavy atom. The first-order chi connectivity index (χ1) is 13.0. The molecule has 1 N–H and O–H groups in total. The van der Waals surface area contributed by atoms with E-state index in [2.05, 4.69) is 21.2 Å². The number of halogens is 1. The molecule has 27 heavy (non-hydrogen) atoms. The molecule has 3 rings (SSSR count). The van der Waals surface area contributed by atoms with Gasteiger partial charge in [-0.15, -0.1) is 0 Å². The lowest BCUT2D eigenvalue weighted by atomic mass is 10.2. The minimum atomic E-state index is -0.302. The fraction of sp³-hybridized carbons (Fsp3) is 0.0952. The van der Waals surface area contributed by atoms with Gasteiger partial charge in [0.2, 0.25) is 0 Å². The lowest BCUT2D eigenvalue weighted by Gasteiger charge is -2.09. The van der Waals surface area contributed by atoms with Crippen molar-refractivity contribution < 1.29 is 4.79 Å². The number of hydrogen-bond acceptors (Lipinski definition) is 3. The van der Waals surface area contributed by atoms with Gasteiger partial charge in [0.1, 0.15) is 0 Å². The summed E-state index contributed by atoms with van der Waals surface area (Å²) in [4.78, 5) is 12.1. The van der Waals surface area contributed by atoms with Crippen molar-refractivity contribution in [2.24, 2.45) is 5.10 Å². The monoisotopic (exact) mass is 376 g/mol. The number of nitrogens with zero attached hydrogens (tertiary/aromatic N) is 3. The highest BCUT2D eigenvalue weighted by molar-refractivity contribution is 6.30. The van der Waals surface area contributed by atoms with Crippen LogP contribution >= 0.6 is 11.6 Å². The summed E-state index contributed by atoms with van der Waals surface area (Å²) in [6, 6.07) is 18.1. The fourth-order valence-corrected chi connectivity index (χ4v) is 2.95. The fourth-order valence-electron chi connectivity index (χ4n) is 2.83. The largest absolute Gasteiger partial charge is 0.318 e. The highest BCUT2D eigenvalue weighted by Gasteiger charge is 2.10. The third-order valence-electron chi connectivity index (χ3n) is 4.20. The molecule has 0 aliphatic rings. The molecule has 5 nitrogen and oxygen atoms in total. The molecule has 0 saturated carbocycles. The summed E-state index contributed by atoms with van der Waals surface area (Å²) in [6.45, 7) is 3.97. The van der Waals surface area contributed by atoms with E-state index in [0.29, 0.717) is 16.1 Å². The number of rotatable bonds is 4. The third kappa shape index (κ3) is 4.08. The maximum atomic E-state index is 12.1. The van der Waals surface area contributed by atoms with Gasteiger partial charge < -0.3 is 4.57 Å². The normalized spacial score (nSPS) is 10.7. The standard InChI is InChI=1S/C21H17ClN4O/c1-14-11-18(13-24-25-21(27)17-5-7-19(22)8-6-17)15(2)26(14)20-9-3-16(12-23)4-10-20/h3-11,13H,1-2H3,(H,25,27)/b24-13-. The number of aryl methyl sites for hydroxylation is 1. The number of carbonyl (C=O) groups is 1. The van der Waals surface area contributed by atoms with E-state index >= 15 is 0 Å². The van der Waals surface area contributed by atoms with Gasteiger partial charge in [-0.1, -0.05) is 11.6 Å². The summed E-state index contributed by atoms with van der Waals surface area (Å²) in [5, 5.41) is 13.6. The van der Waals surface area contributed by atoms with E-state index in [-0.39, 0.29) is 5.91 Å². The molecule has 0 bridgehead atoms. The van der Waals surface area contributed by atoms with Crippen LogP contribution in [-0.4, -0.2) is 16.7 Å².